The number of benzene rings is 1. The molecule has 0 spiro atoms. The molecule has 7 heteroatoms. The predicted molar refractivity (Wildman–Crippen MR) is 101 cm³/mol. The number of alkyl halides is 3. The third kappa shape index (κ3) is 3.66. The molecule has 2 atom stereocenters. The Bertz CT molecular complexity index is 742. The van der Waals surface area contributed by atoms with Gasteiger partial charge in [-0.1, -0.05) is 26.0 Å². The Labute approximate surface area is 164 Å². The van der Waals surface area contributed by atoms with Crippen LogP contribution in [0.4, 0.5) is 13.2 Å². The van der Waals surface area contributed by atoms with Crippen molar-refractivity contribution >= 4 is 5.91 Å². The summed E-state index contributed by atoms with van der Waals surface area (Å²) in [6.07, 6.45) is -2.14. The quantitative estimate of drug-likeness (QED) is 0.831. The Kier molecular flexibility index (Phi) is 5.79. The van der Waals surface area contributed by atoms with E-state index in [9.17, 15) is 18.0 Å². The molecule has 0 aromatic heterocycles. The minimum atomic E-state index is -4.77. The highest BCUT2D eigenvalue weighted by Crippen LogP contribution is 2.38. The number of nitrogens with one attached hydrogen (secondary N) is 1. The molecule has 1 aromatic rings. The first-order chi connectivity index (χ1) is 13.1. The van der Waals surface area contributed by atoms with Gasteiger partial charge in [-0.25, -0.2) is 0 Å². The lowest BCUT2D eigenvalue weighted by Gasteiger charge is -2.38. The number of hydrogen-bond acceptors (Lipinski definition) is 3. The van der Waals surface area contributed by atoms with Crippen molar-refractivity contribution in [1.82, 2.24) is 10.2 Å². The zero-order chi connectivity index (χ0) is 20.7. The zero-order valence-electron chi connectivity index (χ0n) is 16.9. The average molecular weight is 398 g/mol. The number of methoxy groups -OCH3 is 1. The molecule has 0 radical (unpaired) electrons. The SMILES string of the molecule is COC(C)(C(=O)N1CCc2cc(C(C)C)cc([C@@H]3CCCN3)c2C1)C(F)(F)F. The fourth-order valence-electron chi connectivity index (χ4n) is 4.12. The number of halogens is 3. The van der Waals surface area contributed by atoms with E-state index in [1.54, 1.807) is 0 Å². The maximum Gasteiger partial charge on any atom is 0.426 e. The van der Waals surface area contributed by atoms with Crippen molar-refractivity contribution < 1.29 is 22.7 Å². The van der Waals surface area contributed by atoms with Gasteiger partial charge in [0, 0.05) is 26.2 Å². The number of nitrogens with zero attached hydrogens (tertiary/aromatic N) is 1. The summed E-state index contributed by atoms with van der Waals surface area (Å²) in [6, 6.07) is 4.51. The van der Waals surface area contributed by atoms with Crippen LogP contribution in [0.5, 0.6) is 0 Å². The molecule has 3 rings (SSSR count). The van der Waals surface area contributed by atoms with Crippen LogP contribution in [0.25, 0.3) is 0 Å². The van der Waals surface area contributed by atoms with Crippen LogP contribution in [0.2, 0.25) is 0 Å². The highest BCUT2D eigenvalue weighted by molar-refractivity contribution is 5.86. The predicted octanol–water partition coefficient (Wildman–Crippen LogP) is 4.09. The van der Waals surface area contributed by atoms with Crippen LogP contribution in [0, 0.1) is 0 Å². The van der Waals surface area contributed by atoms with E-state index in [0.29, 0.717) is 12.3 Å². The normalized spacial score (nSPS) is 22.3. The molecule has 28 heavy (non-hydrogen) atoms. The van der Waals surface area contributed by atoms with Gasteiger partial charge in [-0.2, -0.15) is 13.2 Å². The van der Waals surface area contributed by atoms with E-state index in [2.05, 4.69) is 36.0 Å². The number of amides is 1. The van der Waals surface area contributed by atoms with Crippen LogP contribution in [-0.2, 0) is 22.5 Å². The van der Waals surface area contributed by atoms with Crippen molar-refractivity contribution in [3.63, 3.8) is 0 Å². The highest BCUT2D eigenvalue weighted by atomic mass is 19.4. The number of hydrogen-bond donors (Lipinski definition) is 1. The molecule has 1 saturated heterocycles. The first kappa shape index (κ1) is 21.1. The van der Waals surface area contributed by atoms with Gasteiger partial charge in [0.1, 0.15) is 0 Å². The monoisotopic (exact) mass is 398 g/mol. The molecular weight excluding hydrogens is 369 g/mol. The Balaban J connectivity index is 1.97. The Morgan fingerprint density at radius 1 is 1.32 bits per heavy atom. The van der Waals surface area contributed by atoms with Gasteiger partial charge in [0.2, 0.25) is 5.60 Å². The maximum atomic E-state index is 13.5. The zero-order valence-corrected chi connectivity index (χ0v) is 16.9. The smallest absolute Gasteiger partial charge is 0.361 e. The molecule has 0 saturated carbocycles. The summed E-state index contributed by atoms with van der Waals surface area (Å²) in [6.45, 7) is 6.48. The number of fused-ring (bicyclic) bond motifs is 1. The van der Waals surface area contributed by atoms with Crippen LogP contribution in [-0.4, -0.2) is 42.8 Å². The summed E-state index contributed by atoms with van der Waals surface area (Å²) in [7, 11) is 0.937. The van der Waals surface area contributed by atoms with Crippen molar-refractivity contribution in [3.8, 4) is 0 Å². The van der Waals surface area contributed by atoms with E-state index in [-0.39, 0.29) is 19.1 Å². The lowest BCUT2D eigenvalue weighted by molar-refractivity contribution is -0.258. The first-order valence-electron chi connectivity index (χ1n) is 9.88. The van der Waals surface area contributed by atoms with Crippen molar-refractivity contribution in [3.05, 3.63) is 34.4 Å². The summed E-state index contributed by atoms with van der Waals surface area (Å²) < 4.78 is 45.1. The van der Waals surface area contributed by atoms with E-state index in [4.69, 9.17) is 0 Å². The standard InChI is InChI=1S/C21H29F3N2O2/c1-13(2)15-10-14-7-9-26(19(27)20(3,28-4)21(22,23)24)12-17(14)16(11-15)18-6-5-8-25-18/h10-11,13,18,25H,5-9,12H2,1-4H3/t18-,20?/m0/s1. The van der Waals surface area contributed by atoms with Gasteiger partial charge in [0.15, 0.2) is 0 Å². The topological polar surface area (TPSA) is 41.6 Å². The fraction of sp³-hybridized carbons (Fsp3) is 0.667. The maximum absolute atomic E-state index is 13.5. The lowest BCUT2D eigenvalue weighted by atomic mass is 9.85. The van der Waals surface area contributed by atoms with Crippen LogP contribution in [0.1, 0.15) is 67.8 Å². The van der Waals surface area contributed by atoms with Gasteiger partial charge < -0.3 is 15.0 Å². The molecular formula is C21H29F3N2O2. The molecule has 0 aliphatic carbocycles. The third-order valence-corrected chi connectivity index (χ3v) is 6.15. The summed E-state index contributed by atoms with van der Waals surface area (Å²) in [5.41, 5.74) is 1.67. The molecule has 1 aromatic carbocycles. The average Bonchev–Trinajstić information content (AvgIpc) is 3.18. The van der Waals surface area contributed by atoms with Crippen molar-refractivity contribution in [2.45, 2.75) is 70.3 Å². The van der Waals surface area contributed by atoms with Crippen LogP contribution in [0.3, 0.4) is 0 Å². The Hall–Kier alpha value is -1.60. The van der Waals surface area contributed by atoms with Gasteiger partial charge in [0.25, 0.3) is 5.91 Å². The molecule has 2 aliphatic heterocycles. The molecule has 1 fully saturated rings. The van der Waals surface area contributed by atoms with Crippen molar-refractivity contribution in [2.24, 2.45) is 0 Å². The molecule has 1 amide bonds. The number of rotatable bonds is 4. The van der Waals surface area contributed by atoms with E-state index >= 15 is 0 Å². The lowest BCUT2D eigenvalue weighted by Crippen LogP contribution is -2.58. The van der Waals surface area contributed by atoms with Crippen LogP contribution < -0.4 is 5.32 Å². The minimum absolute atomic E-state index is 0.190. The van der Waals surface area contributed by atoms with Crippen molar-refractivity contribution in [2.75, 3.05) is 20.2 Å². The number of carbonyl (C=O) groups excluding carboxylic acids is 1. The van der Waals surface area contributed by atoms with Crippen molar-refractivity contribution in [1.29, 1.82) is 0 Å². The van der Waals surface area contributed by atoms with Gasteiger partial charge in [0.05, 0.1) is 0 Å². The summed E-state index contributed by atoms with van der Waals surface area (Å²) in [5.74, 6) is -0.654. The Morgan fingerprint density at radius 3 is 2.57 bits per heavy atom. The highest BCUT2D eigenvalue weighted by Gasteiger charge is 2.59. The minimum Gasteiger partial charge on any atom is -0.361 e. The number of ether oxygens (including phenoxy) is 1. The third-order valence-electron chi connectivity index (χ3n) is 6.15. The van der Waals surface area contributed by atoms with Gasteiger partial charge in [-0.05, 0) is 60.9 Å². The number of carbonyl (C=O) groups is 1. The molecule has 2 heterocycles. The van der Waals surface area contributed by atoms with E-state index < -0.39 is 17.7 Å². The second kappa shape index (κ2) is 7.67. The second-order valence-corrected chi connectivity index (χ2v) is 8.26. The largest absolute Gasteiger partial charge is 0.426 e. The molecule has 1 N–H and O–H groups in total. The fourth-order valence-corrected chi connectivity index (χ4v) is 4.12. The first-order valence-corrected chi connectivity index (χ1v) is 9.88. The van der Waals surface area contributed by atoms with Gasteiger partial charge in [-0.3, -0.25) is 4.79 Å². The van der Waals surface area contributed by atoms with Crippen LogP contribution in [0.15, 0.2) is 12.1 Å². The Morgan fingerprint density at radius 2 is 2.04 bits per heavy atom. The summed E-state index contributed by atoms with van der Waals surface area (Å²) >= 11 is 0. The van der Waals surface area contributed by atoms with E-state index in [1.807, 2.05) is 0 Å². The molecule has 2 aliphatic rings. The second-order valence-electron chi connectivity index (χ2n) is 8.26. The molecule has 0 bridgehead atoms. The summed E-state index contributed by atoms with van der Waals surface area (Å²) in [4.78, 5) is 14.1. The van der Waals surface area contributed by atoms with Gasteiger partial charge >= 0.3 is 6.18 Å². The molecule has 1 unspecified atom stereocenters. The van der Waals surface area contributed by atoms with Crippen LogP contribution >= 0.6 is 0 Å². The molecule has 156 valence electrons. The molecule has 4 nitrogen and oxygen atoms in total. The van der Waals surface area contributed by atoms with E-state index in [1.165, 1.54) is 10.5 Å². The van der Waals surface area contributed by atoms with E-state index in [0.717, 1.165) is 50.1 Å². The summed E-state index contributed by atoms with van der Waals surface area (Å²) in [5, 5.41) is 3.49. The van der Waals surface area contributed by atoms with Gasteiger partial charge in [-0.15, -0.1) is 0 Å².